The van der Waals surface area contributed by atoms with Crippen molar-refractivity contribution in [1.82, 2.24) is 10.0 Å². The lowest BCUT2D eigenvalue weighted by Gasteiger charge is -2.13. The van der Waals surface area contributed by atoms with E-state index < -0.39 is 11.7 Å². The average molecular weight is 199 g/mol. The zero-order valence-corrected chi connectivity index (χ0v) is 7.82. The number of pyridine rings is 1. The highest BCUT2D eigenvalue weighted by molar-refractivity contribution is 5.96. The molecule has 1 amide bonds. The van der Waals surface area contributed by atoms with Gasteiger partial charge < -0.3 is 5.73 Å². The molecule has 0 fully saturated rings. The van der Waals surface area contributed by atoms with Gasteiger partial charge in [-0.3, -0.25) is 9.63 Å². The van der Waals surface area contributed by atoms with Crippen molar-refractivity contribution in [3.05, 3.63) is 23.8 Å². The molecule has 1 aromatic rings. The lowest BCUT2D eigenvalue weighted by Crippen LogP contribution is -2.27. The number of aromatic nitrogens is 1. The van der Waals surface area contributed by atoms with Gasteiger partial charge in [-0.2, -0.15) is 0 Å². The smallest absolute Gasteiger partial charge is 0.297 e. The lowest BCUT2D eigenvalue weighted by atomic mass is 10.3. The molecule has 0 saturated heterocycles. The van der Waals surface area contributed by atoms with E-state index in [0.29, 0.717) is 0 Å². The number of nitrogens with zero attached hydrogens (tertiary/aromatic N) is 2. The number of hydrogen-bond donors (Lipinski definition) is 1. The molecule has 0 spiro atoms. The molecule has 2 N–H and O–H groups in total. The van der Waals surface area contributed by atoms with Crippen LogP contribution in [0.4, 0.5) is 10.1 Å². The summed E-state index contributed by atoms with van der Waals surface area (Å²) in [5.41, 5.74) is 5.36. The highest BCUT2D eigenvalue weighted by Gasteiger charge is 2.16. The Balaban J connectivity index is 3.02. The molecule has 0 aromatic carbocycles. The van der Waals surface area contributed by atoms with Crippen molar-refractivity contribution >= 4 is 11.6 Å². The molecule has 0 saturated carbocycles. The van der Waals surface area contributed by atoms with Crippen molar-refractivity contribution < 1.29 is 14.0 Å². The Morgan fingerprint density at radius 2 is 2.36 bits per heavy atom. The van der Waals surface area contributed by atoms with Crippen LogP contribution < -0.4 is 5.73 Å². The second kappa shape index (κ2) is 4.01. The summed E-state index contributed by atoms with van der Waals surface area (Å²) in [7, 11) is 2.74. The third-order valence-corrected chi connectivity index (χ3v) is 1.65. The van der Waals surface area contributed by atoms with Crippen molar-refractivity contribution in [1.29, 1.82) is 0 Å². The van der Waals surface area contributed by atoms with E-state index >= 15 is 0 Å². The highest BCUT2D eigenvalue weighted by atomic mass is 19.1. The maximum absolute atomic E-state index is 12.6. The van der Waals surface area contributed by atoms with Crippen molar-refractivity contribution in [3.8, 4) is 0 Å². The number of rotatable bonds is 2. The Hall–Kier alpha value is -1.69. The fraction of sp³-hybridized carbons (Fsp3) is 0.250. The van der Waals surface area contributed by atoms with E-state index in [4.69, 9.17) is 5.73 Å². The zero-order chi connectivity index (χ0) is 10.7. The standard InChI is InChI=1S/C8H10FN3O2/c1-12(14-2)8(13)7-6(10)3-5(9)4-11-7/h3-4H,10H2,1-2H3. The number of nitrogens with two attached hydrogens (primary N) is 1. The normalized spacial score (nSPS) is 9.93. The number of amides is 1. The van der Waals surface area contributed by atoms with Gasteiger partial charge in [-0.1, -0.05) is 0 Å². The summed E-state index contributed by atoms with van der Waals surface area (Å²) >= 11 is 0. The van der Waals surface area contributed by atoms with Crippen molar-refractivity contribution in [2.24, 2.45) is 0 Å². The van der Waals surface area contributed by atoms with Gasteiger partial charge in [0.2, 0.25) is 0 Å². The molecule has 76 valence electrons. The number of hydroxylamine groups is 2. The van der Waals surface area contributed by atoms with Gasteiger partial charge in [-0.15, -0.1) is 0 Å². The summed E-state index contributed by atoms with van der Waals surface area (Å²) in [4.78, 5) is 19.7. The Labute approximate surface area is 80.2 Å². The van der Waals surface area contributed by atoms with Crippen LogP contribution in [-0.4, -0.2) is 30.1 Å². The SMILES string of the molecule is CON(C)C(=O)c1ncc(F)cc1N. The molecular weight excluding hydrogens is 189 g/mol. The molecule has 0 aliphatic heterocycles. The van der Waals surface area contributed by atoms with Crippen molar-refractivity contribution in [2.75, 3.05) is 19.9 Å². The van der Waals surface area contributed by atoms with E-state index in [-0.39, 0.29) is 11.4 Å². The zero-order valence-electron chi connectivity index (χ0n) is 7.82. The molecular formula is C8H10FN3O2. The second-order valence-electron chi connectivity index (χ2n) is 2.58. The predicted molar refractivity (Wildman–Crippen MR) is 47.7 cm³/mol. The number of carbonyl (C=O) groups is 1. The Morgan fingerprint density at radius 3 is 2.86 bits per heavy atom. The van der Waals surface area contributed by atoms with Gasteiger partial charge in [0.1, 0.15) is 5.82 Å². The predicted octanol–water partition coefficient (Wildman–Crippen LogP) is 0.436. The molecule has 0 aliphatic rings. The Morgan fingerprint density at radius 1 is 1.71 bits per heavy atom. The van der Waals surface area contributed by atoms with Gasteiger partial charge in [-0.25, -0.2) is 14.4 Å². The Bertz CT molecular complexity index is 356. The number of nitrogen functional groups attached to an aromatic ring is 1. The summed E-state index contributed by atoms with van der Waals surface area (Å²) in [5.74, 6) is -1.11. The summed E-state index contributed by atoms with van der Waals surface area (Å²) in [6.07, 6.45) is 0.924. The lowest BCUT2D eigenvalue weighted by molar-refractivity contribution is -0.0759. The minimum absolute atomic E-state index is 0.0149. The number of hydrogen-bond acceptors (Lipinski definition) is 4. The van der Waals surface area contributed by atoms with Gasteiger partial charge in [0.15, 0.2) is 5.69 Å². The fourth-order valence-corrected chi connectivity index (χ4v) is 0.866. The summed E-state index contributed by atoms with van der Waals surface area (Å²) in [6, 6.07) is 1.03. The minimum atomic E-state index is -0.584. The maximum Gasteiger partial charge on any atom is 0.297 e. The van der Waals surface area contributed by atoms with Crippen LogP contribution in [0.25, 0.3) is 0 Å². The molecule has 0 bridgehead atoms. The molecule has 1 rings (SSSR count). The maximum atomic E-state index is 12.6. The highest BCUT2D eigenvalue weighted by Crippen LogP contribution is 2.11. The molecule has 1 aromatic heterocycles. The molecule has 0 atom stereocenters. The molecule has 0 aliphatic carbocycles. The first-order valence-corrected chi connectivity index (χ1v) is 3.79. The van der Waals surface area contributed by atoms with Crippen LogP contribution in [0.5, 0.6) is 0 Å². The van der Waals surface area contributed by atoms with Crippen molar-refractivity contribution in [3.63, 3.8) is 0 Å². The van der Waals surface area contributed by atoms with Crippen molar-refractivity contribution in [2.45, 2.75) is 0 Å². The minimum Gasteiger partial charge on any atom is -0.397 e. The van der Waals surface area contributed by atoms with E-state index in [1.54, 1.807) is 0 Å². The van der Waals surface area contributed by atoms with Crippen LogP contribution in [0.3, 0.4) is 0 Å². The first-order valence-electron chi connectivity index (χ1n) is 3.79. The summed E-state index contributed by atoms with van der Waals surface area (Å²) in [6.45, 7) is 0. The van der Waals surface area contributed by atoms with Gasteiger partial charge in [0.05, 0.1) is 19.0 Å². The monoisotopic (exact) mass is 199 g/mol. The molecule has 0 radical (unpaired) electrons. The van der Waals surface area contributed by atoms with Gasteiger partial charge >= 0.3 is 0 Å². The van der Waals surface area contributed by atoms with Gasteiger partial charge in [0.25, 0.3) is 5.91 Å². The van der Waals surface area contributed by atoms with E-state index in [2.05, 4.69) is 9.82 Å². The summed E-state index contributed by atoms with van der Waals surface area (Å²) in [5, 5.41) is 0.955. The summed E-state index contributed by atoms with van der Waals surface area (Å²) < 4.78 is 12.6. The van der Waals surface area contributed by atoms with E-state index in [0.717, 1.165) is 17.3 Å². The number of anilines is 1. The molecule has 5 nitrogen and oxygen atoms in total. The van der Waals surface area contributed by atoms with E-state index in [1.807, 2.05) is 0 Å². The van der Waals surface area contributed by atoms with Crippen LogP contribution in [-0.2, 0) is 4.84 Å². The topological polar surface area (TPSA) is 68.5 Å². The molecule has 14 heavy (non-hydrogen) atoms. The van der Waals surface area contributed by atoms with Crippen LogP contribution in [0.15, 0.2) is 12.3 Å². The van der Waals surface area contributed by atoms with Crippen LogP contribution in [0.1, 0.15) is 10.5 Å². The molecule has 1 heterocycles. The second-order valence-corrected chi connectivity index (χ2v) is 2.58. The number of carbonyl (C=O) groups excluding carboxylic acids is 1. The fourth-order valence-electron chi connectivity index (χ4n) is 0.866. The number of halogens is 1. The van der Waals surface area contributed by atoms with E-state index in [9.17, 15) is 9.18 Å². The third kappa shape index (κ3) is 1.97. The third-order valence-electron chi connectivity index (χ3n) is 1.65. The van der Waals surface area contributed by atoms with Crippen LogP contribution in [0, 0.1) is 5.82 Å². The van der Waals surface area contributed by atoms with Crippen LogP contribution in [0.2, 0.25) is 0 Å². The Kier molecular flexibility index (Phi) is 2.98. The first-order chi connectivity index (χ1) is 6.56. The average Bonchev–Trinajstić information content (AvgIpc) is 2.15. The van der Waals surface area contributed by atoms with E-state index in [1.165, 1.54) is 14.2 Å². The van der Waals surface area contributed by atoms with Gasteiger partial charge in [-0.05, 0) is 0 Å². The largest absolute Gasteiger partial charge is 0.397 e. The first kappa shape index (κ1) is 10.4. The quantitative estimate of drug-likeness (QED) is 0.701. The molecule has 0 unspecified atom stereocenters. The van der Waals surface area contributed by atoms with Crippen LogP contribution >= 0.6 is 0 Å². The molecule has 6 heteroatoms. The van der Waals surface area contributed by atoms with Gasteiger partial charge in [0, 0.05) is 13.1 Å².